The van der Waals surface area contributed by atoms with E-state index in [4.69, 9.17) is 8.94 Å². The molecule has 1 fully saturated rings. The molecule has 2 N–H and O–H groups in total. The first-order chi connectivity index (χ1) is 9.20. The van der Waals surface area contributed by atoms with E-state index in [1.807, 2.05) is 0 Å². The van der Waals surface area contributed by atoms with E-state index in [0.29, 0.717) is 36.6 Å². The highest BCUT2D eigenvalue weighted by Crippen LogP contribution is 2.32. The third-order valence-electron chi connectivity index (χ3n) is 3.55. The van der Waals surface area contributed by atoms with Crippen molar-refractivity contribution in [1.29, 1.82) is 0 Å². The van der Waals surface area contributed by atoms with Crippen LogP contribution in [-0.2, 0) is 11.3 Å². The van der Waals surface area contributed by atoms with E-state index in [1.54, 1.807) is 24.5 Å². The van der Waals surface area contributed by atoms with Gasteiger partial charge in [0.25, 0.3) is 0 Å². The molecule has 6 nitrogen and oxygen atoms in total. The Balaban J connectivity index is 1.66. The maximum atomic E-state index is 11.2. The van der Waals surface area contributed by atoms with Gasteiger partial charge in [-0.15, -0.1) is 0 Å². The van der Waals surface area contributed by atoms with Crippen molar-refractivity contribution in [2.24, 2.45) is 0 Å². The van der Waals surface area contributed by atoms with E-state index < -0.39 is 11.5 Å². The minimum Gasteiger partial charge on any atom is -0.480 e. The van der Waals surface area contributed by atoms with Crippen LogP contribution in [0.4, 0.5) is 0 Å². The van der Waals surface area contributed by atoms with E-state index in [-0.39, 0.29) is 0 Å². The third kappa shape index (κ3) is 2.15. The molecule has 0 aromatic carbocycles. The van der Waals surface area contributed by atoms with E-state index in [9.17, 15) is 9.90 Å². The summed E-state index contributed by atoms with van der Waals surface area (Å²) in [7, 11) is 0. The summed E-state index contributed by atoms with van der Waals surface area (Å²) in [6.07, 6.45) is 3.82. The molecule has 100 valence electrons. The van der Waals surface area contributed by atoms with Gasteiger partial charge in [0, 0.05) is 12.6 Å². The zero-order chi connectivity index (χ0) is 13.3. The second kappa shape index (κ2) is 4.55. The number of nitrogens with one attached hydrogen (secondary N) is 1. The molecule has 0 atom stereocenters. The highest BCUT2D eigenvalue weighted by molar-refractivity contribution is 5.79. The molecule has 0 bridgehead atoms. The van der Waals surface area contributed by atoms with Crippen LogP contribution in [0.5, 0.6) is 0 Å². The molecule has 2 aromatic rings. The maximum absolute atomic E-state index is 11.2. The van der Waals surface area contributed by atoms with E-state index in [2.05, 4.69) is 10.5 Å². The SMILES string of the molecule is O=C(O)C1(NCc2cc(-c3ccco3)on2)CCC1. The summed E-state index contributed by atoms with van der Waals surface area (Å²) in [6.45, 7) is 0.372. The zero-order valence-electron chi connectivity index (χ0n) is 10.3. The lowest BCUT2D eigenvalue weighted by Crippen LogP contribution is -2.56. The highest BCUT2D eigenvalue weighted by atomic mass is 16.5. The summed E-state index contributed by atoms with van der Waals surface area (Å²) < 4.78 is 10.4. The van der Waals surface area contributed by atoms with Crippen LogP contribution in [0.2, 0.25) is 0 Å². The normalized spacial score (nSPS) is 17.1. The van der Waals surface area contributed by atoms with Gasteiger partial charge in [-0.05, 0) is 31.4 Å². The molecule has 1 aliphatic rings. The van der Waals surface area contributed by atoms with E-state index in [0.717, 1.165) is 6.42 Å². The summed E-state index contributed by atoms with van der Waals surface area (Å²) in [5.74, 6) is 0.351. The van der Waals surface area contributed by atoms with Gasteiger partial charge in [-0.2, -0.15) is 0 Å². The third-order valence-corrected chi connectivity index (χ3v) is 3.55. The van der Waals surface area contributed by atoms with Crippen LogP contribution in [0.25, 0.3) is 11.5 Å². The minimum absolute atomic E-state index is 0.372. The molecule has 0 unspecified atom stereocenters. The molecule has 0 radical (unpaired) electrons. The van der Waals surface area contributed by atoms with Gasteiger partial charge in [0.1, 0.15) is 5.54 Å². The van der Waals surface area contributed by atoms with Crippen LogP contribution in [0, 0.1) is 0 Å². The summed E-state index contributed by atoms with van der Waals surface area (Å²) in [4.78, 5) is 11.2. The van der Waals surface area contributed by atoms with Crippen LogP contribution in [0.1, 0.15) is 25.0 Å². The molecule has 19 heavy (non-hydrogen) atoms. The second-order valence-electron chi connectivity index (χ2n) is 4.75. The molecule has 0 amide bonds. The molecule has 1 aliphatic carbocycles. The van der Waals surface area contributed by atoms with Crippen molar-refractivity contribution in [3.63, 3.8) is 0 Å². The van der Waals surface area contributed by atoms with Crippen molar-refractivity contribution >= 4 is 5.97 Å². The number of hydrogen-bond donors (Lipinski definition) is 2. The van der Waals surface area contributed by atoms with Crippen molar-refractivity contribution in [1.82, 2.24) is 10.5 Å². The fraction of sp³-hybridized carbons (Fsp3) is 0.385. The average molecular weight is 262 g/mol. The number of hydrogen-bond acceptors (Lipinski definition) is 5. The quantitative estimate of drug-likeness (QED) is 0.857. The average Bonchev–Trinajstić information content (AvgIpc) is 2.97. The van der Waals surface area contributed by atoms with Crippen LogP contribution < -0.4 is 5.32 Å². The molecule has 0 spiro atoms. The lowest BCUT2D eigenvalue weighted by atomic mass is 9.77. The molecule has 0 saturated heterocycles. The van der Waals surface area contributed by atoms with Crippen molar-refractivity contribution in [3.8, 4) is 11.5 Å². The summed E-state index contributed by atoms with van der Waals surface area (Å²) in [5.41, 5.74) is -0.122. The Hall–Kier alpha value is -2.08. The Morgan fingerprint density at radius 3 is 2.89 bits per heavy atom. The largest absolute Gasteiger partial charge is 0.480 e. The van der Waals surface area contributed by atoms with Gasteiger partial charge in [0.15, 0.2) is 5.76 Å². The number of aliphatic carboxylic acids is 1. The number of carbonyl (C=O) groups is 1. The van der Waals surface area contributed by atoms with Crippen LogP contribution in [0.3, 0.4) is 0 Å². The molecule has 2 heterocycles. The monoisotopic (exact) mass is 262 g/mol. The van der Waals surface area contributed by atoms with Crippen molar-refractivity contribution in [2.75, 3.05) is 0 Å². The van der Waals surface area contributed by atoms with Gasteiger partial charge in [-0.25, -0.2) is 0 Å². The molecular weight excluding hydrogens is 248 g/mol. The van der Waals surface area contributed by atoms with E-state index in [1.165, 1.54) is 0 Å². The van der Waals surface area contributed by atoms with Gasteiger partial charge in [0.05, 0.1) is 12.0 Å². The number of rotatable bonds is 5. The van der Waals surface area contributed by atoms with Crippen LogP contribution >= 0.6 is 0 Å². The van der Waals surface area contributed by atoms with Gasteiger partial charge in [0.2, 0.25) is 5.76 Å². The first-order valence-electron chi connectivity index (χ1n) is 6.17. The Morgan fingerprint density at radius 2 is 2.32 bits per heavy atom. The molecule has 2 aromatic heterocycles. The smallest absolute Gasteiger partial charge is 0.323 e. The van der Waals surface area contributed by atoms with Crippen LogP contribution in [-0.4, -0.2) is 21.8 Å². The fourth-order valence-electron chi connectivity index (χ4n) is 2.19. The zero-order valence-corrected chi connectivity index (χ0v) is 10.3. The van der Waals surface area contributed by atoms with Gasteiger partial charge in [-0.1, -0.05) is 5.16 Å². The molecule has 6 heteroatoms. The van der Waals surface area contributed by atoms with Crippen molar-refractivity contribution in [3.05, 3.63) is 30.2 Å². The first kappa shape index (κ1) is 12.0. The second-order valence-corrected chi connectivity index (χ2v) is 4.75. The van der Waals surface area contributed by atoms with Gasteiger partial charge in [-0.3, -0.25) is 10.1 Å². The molecular formula is C13H14N2O4. The predicted molar refractivity (Wildman–Crippen MR) is 65.3 cm³/mol. The van der Waals surface area contributed by atoms with E-state index >= 15 is 0 Å². The lowest BCUT2D eigenvalue weighted by molar-refractivity contribution is -0.148. The van der Waals surface area contributed by atoms with Crippen LogP contribution in [0.15, 0.2) is 33.4 Å². The molecule has 3 rings (SSSR count). The number of aromatic nitrogens is 1. The first-order valence-corrected chi connectivity index (χ1v) is 6.17. The van der Waals surface area contributed by atoms with Gasteiger partial charge < -0.3 is 14.0 Å². The topological polar surface area (TPSA) is 88.5 Å². The molecule has 1 saturated carbocycles. The highest BCUT2D eigenvalue weighted by Gasteiger charge is 2.43. The number of nitrogens with zero attached hydrogens (tertiary/aromatic N) is 1. The number of carboxylic acid groups (broad SMARTS) is 1. The Kier molecular flexibility index (Phi) is 2.87. The van der Waals surface area contributed by atoms with Gasteiger partial charge >= 0.3 is 5.97 Å². The number of carboxylic acids is 1. The Labute approximate surface area is 109 Å². The van der Waals surface area contributed by atoms with Crippen molar-refractivity contribution < 1.29 is 18.8 Å². The fourth-order valence-corrected chi connectivity index (χ4v) is 2.19. The predicted octanol–water partition coefficient (Wildman–Crippen LogP) is 2.03. The minimum atomic E-state index is -0.798. The summed E-state index contributed by atoms with van der Waals surface area (Å²) in [5, 5.41) is 16.2. The maximum Gasteiger partial charge on any atom is 0.323 e. The number of furan rings is 1. The Morgan fingerprint density at radius 1 is 1.47 bits per heavy atom. The summed E-state index contributed by atoms with van der Waals surface area (Å²) >= 11 is 0. The molecule has 0 aliphatic heterocycles. The standard InChI is InChI=1S/C13H14N2O4/c16-12(17)13(4-2-5-13)14-8-9-7-11(19-15-9)10-3-1-6-18-10/h1,3,6-7,14H,2,4-5,8H2,(H,16,17). The lowest BCUT2D eigenvalue weighted by Gasteiger charge is -2.38. The van der Waals surface area contributed by atoms with Crippen molar-refractivity contribution in [2.45, 2.75) is 31.3 Å². The summed E-state index contributed by atoms with van der Waals surface area (Å²) in [6, 6.07) is 5.30. The Bertz CT molecular complexity index is 569.